The Hall–Kier alpha value is -3.53. The quantitative estimate of drug-likeness (QED) is 0.769. The lowest BCUT2D eigenvalue weighted by Gasteiger charge is -2.24. The fourth-order valence-electron chi connectivity index (χ4n) is 3.41. The second-order valence-corrected chi connectivity index (χ2v) is 6.37. The molecule has 0 spiro atoms. The van der Waals surface area contributed by atoms with Crippen LogP contribution in [0.5, 0.6) is 5.88 Å². The van der Waals surface area contributed by atoms with Crippen molar-refractivity contribution in [3.05, 3.63) is 70.8 Å². The number of ether oxygens (including phenoxy) is 1. The van der Waals surface area contributed by atoms with E-state index in [9.17, 15) is 5.26 Å². The number of rotatable bonds is 2. The van der Waals surface area contributed by atoms with Gasteiger partial charge in [-0.1, -0.05) is 12.1 Å². The van der Waals surface area contributed by atoms with Crippen molar-refractivity contribution in [3.63, 3.8) is 0 Å². The number of aryl methyl sites for hydroxylation is 3. The average molecular weight is 346 g/mol. The van der Waals surface area contributed by atoms with Crippen LogP contribution in [0.2, 0.25) is 0 Å². The number of benzene rings is 1. The average Bonchev–Trinajstić information content (AvgIpc) is 3.18. The lowest BCUT2D eigenvalue weighted by Crippen LogP contribution is -2.21. The van der Waals surface area contributed by atoms with E-state index < -0.39 is 0 Å². The van der Waals surface area contributed by atoms with Gasteiger partial charge in [0.2, 0.25) is 11.8 Å². The minimum atomic E-state index is -0.295. The number of imidazole rings is 1. The summed E-state index contributed by atoms with van der Waals surface area (Å²) in [7, 11) is 1.80. The van der Waals surface area contributed by atoms with Gasteiger partial charge in [-0.15, -0.1) is 0 Å². The lowest BCUT2D eigenvalue weighted by molar-refractivity contribution is 0.358. The van der Waals surface area contributed by atoms with E-state index in [2.05, 4.69) is 16.2 Å². The summed E-state index contributed by atoms with van der Waals surface area (Å²) in [6, 6.07) is 10.2. The highest BCUT2D eigenvalue weighted by atomic mass is 16.5. The third kappa shape index (κ3) is 2.35. The minimum absolute atomic E-state index is 0.127. The highest BCUT2D eigenvalue weighted by Crippen LogP contribution is 2.43. The predicted octanol–water partition coefficient (Wildman–Crippen LogP) is 2.44. The summed E-state index contributed by atoms with van der Waals surface area (Å²) < 4.78 is 9.27. The van der Waals surface area contributed by atoms with Gasteiger partial charge in [0.05, 0.1) is 29.2 Å². The fourth-order valence-corrected chi connectivity index (χ4v) is 3.41. The Balaban J connectivity index is 1.82. The molecule has 1 atom stereocenters. The van der Waals surface area contributed by atoms with Crippen molar-refractivity contribution in [2.24, 2.45) is 12.8 Å². The Labute approximate surface area is 150 Å². The highest BCUT2D eigenvalue weighted by Gasteiger charge is 2.35. The minimum Gasteiger partial charge on any atom is -0.422 e. The van der Waals surface area contributed by atoms with Gasteiger partial charge in [-0.25, -0.2) is 9.67 Å². The lowest BCUT2D eigenvalue weighted by atomic mass is 9.84. The Bertz CT molecular complexity index is 1060. The highest BCUT2D eigenvalue weighted by molar-refractivity contribution is 5.56. The van der Waals surface area contributed by atoms with E-state index in [4.69, 9.17) is 10.5 Å². The van der Waals surface area contributed by atoms with Crippen LogP contribution >= 0.6 is 0 Å². The van der Waals surface area contributed by atoms with Gasteiger partial charge in [0.15, 0.2) is 0 Å². The SMILES string of the molecule is Cc1cn(-c2ccc(C3C(C#N)=C(N)Oc4c3c(C)nn4C)cc2)cn1. The molecule has 3 heterocycles. The maximum absolute atomic E-state index is 9.64. The van der Waals surface area contributed by atoms with Gasteiger partial charge in [-0.3, -0.25) is 0 Å². The molecule has 0 aliphatic carbocycles. The molecular weight excluding hydrogens is 328 g/mol. The van der Waals surface area contributed by atoms with Gasteiger partial charge in [0.25, 0.3) is 0 Å². The number of hydrogen-bond donors (Lipinski definition) is 1. The van der Waals surface area contributed by atoms with Gasteiger partial charge in [0.1, 0.15) is 11.6 Å². The van der Waals surface area contributed by atoms with Crippen molar-refractivity contribution in [1.29, 1.82) is 5.26 Å². The summed E-state index contributed by atoms with van der Waals surface area (Å²) in [5.74, 6) is 0.414. The molecule has 7 heteroatoms. The molecule has 2 N–H and O–H groups in total. The van der Waals surface area contributed by atoms with Gasteiger partial charge < -0.3 is 15.0 Å². The van der Waals surface area contributed by atoms with E-state index in [0.717, 1.165) is 28.2 Å². The first-order valence-electron chi connectivity index (χ1n) is 8.21. The number of allylic oxidation sites excluding steroid dienone is 1. The molecule has 0 fully saturated rings. The Kier molecular flexibility index (Phi) is 3.55. The Morgan fingerprint density at radius 2 is 1.96 bits per heavy atom. The summed E-state index contributed by atoms with van der Waals surface area (Å²) in [4.78, 5) is 4.25. The Morgan fingerprint density at radius 3 is 2.58 bits per heavy atom. The first-order valence-corrected chi connectivity index (χ1v) is 8.21. The van der Waals surface area contributed by atoms with E-state index in [1.165, 1.54) is 0 Å². The van der Waals surface area contributed by atoms with Crippen molar-refractivity contribution in [1.82, 2.24) is 19.3 Å². The third-order valence-corrected chi connectivity index (χ3v) is 4.62. The zero-order valence-corrected chi connectivity index (χ0v) is 14.8. The van der Waals surface area contributed by atoms with Crippen LogP contribution < -0.4 is 10.5 Å². The normalized spacial score (nSPS) is 16.2. The van der Waals surface area contributed by atoms with E-state index in [1.807, 2.05) is 48.9 Å². The number of fused-ring (bicyclic) bond motifs is 1. The van der Waals surface area contributed by atoms with E-state index in [-0.39, 0.29) is 11.8 Å². The molecule has 3 aromatic rings. The largest absolute Gasteiger partial charge is 0.422 e. The fraction of sp³-hybridized carbons (Fsp3) is 0.211. The monoisotopic (exact) mass is 346 g/mol. The van der Waals surface area contributed by atoms with E-state index >= 15 is 0 Å². The summed E-state index contributed by atoms with van der Waals surface area (Å²) in [5.41, 5.74) is 11.0. The van der Waals surface area contributed by atoms with Gasteiger partial charge >= 0.3 is 0 Å². The van der Waals surface area contributed by atoms with Crippen LogP contribution in [-0.4, -0.2) is 19.3 Å². The first-order chi connectivity index (χ1) is 12.5. The molecule has 1 aliphatic rings. The number of nitrogens with two attached hydrogens (primary N) is 1. The van der Waals surface area contributed by atoms with Crippen LogP contribution in [0.15, 0.2) is 48.2 Å². The van der Waals surface area contributed by atoms with Crippen molar-refractivity contribution in [2.45, 2.75) is 19.8 Å². The molecule has 0 saturated heterocycles. The predicted molar refractivity (Wildman–Crippen MR) is 95.5 cm³/mol. The molecule has 0 radical (unpaired) electrons. The van der Waals surface area contributed by atoms with Crippen LogP contribution in [0, 0.1) is 25.2 Å². The smallest absolute Gasteiger partial charge is 0.224 e. The molecule has 130 valence electrons. The first kappa shape index (κ1) is 16.0. The van der Waals surface area contributed by atoms with E-state index in [0.29, 0.717) is 11.5 Å². The van der Waals surface area contributed by atoms with Crippen molar-refractivity contribution >= 4 is 0 Å². The molecule has 7 nitrogen and oxygen atoms in total. The standard InChI is InChI=1S/C19H18N6O/c1-11-9-25(10-22-11)14-6-4-13(5-7-14)17-15(8-20)18(21)26-19-16(17)12(2)23-24(19)3/h4-7,9-10,17H,21H2,1-3H3. The molecule has 0 amide bonds. The van der Waals surface area contributed by atoms with Crippen molar-refractivity contribution in [2.75, 3.05) is 0 Å². The molecule has 0 bridgehead atoms. The zero-order chi connectivity index (χ0) is 18.4. The maximum Gasteiger partial charge on any atom is 0.224 e. The van der Waals surface area contributed by atoms with Crippen LogP contribution in [0.3, 0.4) is 0 Å². The molecule has 0 saturated carbocycles. The molecule has 2 aromatic heterocycles. The number of nitrogens with zero attached hydrogens (tertiary/aromatic N) is 5. The summed E-state index contributed by atoms with van der Waals surface area (Å²) >= 11 is 0. The van der Waals surface area contributed by atoms with Crippen LogP contribution in [-0.2, 0) is 7.05 Å². The molecular formula is C19H18N6O. The molecule has 1 unspecified atom stereocenters. The summed E-state index contributed by atoms with van der Waals surface area (Å²) in [6.07, 6.45) is 3.74. The number of nitriles is 1. The zero-order valence-electron chi connectivity index (χ0n) is 14.8. The summed E-state index contributed by atoms with van der Waals surface area (Å²) in [5, 5.41) is 14.1. The second kappa shape index (κ2) is 5.77. The van der Waals surface area contributed by atoms with Crippen molar-refractivity contribution in [3.8, 4) is 17.6 Å². The number of aromatic nitrogens is 4. The number of hydrogen-bond acceptors (Lipinski definition) is 5. The molecule has 1 aliphatic heterocycles. The van der Waals surface area contributed by atoms with Gasteiger partial charge in [0, 0.05) is 18.9 Å². The van der Waals surface area contributed by atoms with Crippen LogP contribution in [0.1, 0.15) is 28.4 Å². The third-order valence-electron chi connectivity index (χ3n) is 4.62. The topological polar surface area (TPSA) is 94.7 Å². The van der Waals surface area contributed by atoms with E-state index in [1.54, 1.807) is 18.1 Å². The molecule has 1 aromatic carbocycles. The van der Waals surface area contributed by atoms with Crippen LogP contribution in [0.25, 0.3) is 5.69 Å². The van der Waals surface area contributed by atoms with Crippen molar-refractivity contribution < 1.29 is 4.74 Å². The second-order valence-electron chi connectivity index (χ2n) is 6.37. The maximum atomic E-state index is 9.64. The summed E-state index contributed by atoms with van der Waals surface area (Å²) in [6.45, 7) is 3.86. The molecule has 4 rings (SSSR count). The van der Waals surface area contributed by atoms with Crippen LogP contribution in [0.4, 0.5) is 0 Å². The Morgan fingerprint density at radius 1 is 1.23 bits per heavy atom. The molecule has 26 heavy (non-hydrogen) atoms. The van der Waals surface area contributed by atoms with Gasteiger partial charge in [-0.05, 0) is 31.5 Å². The van der Waals surface area contributed by atoms with Gasteiger partial charge in [-0.2, -0.15) is 10.4 Å².